The lowest BCUT2D eigenvalue weighted by Crippen LogP contribution is -2.32. The molecule has 0 bridgehead atoms. The zero-order valence-corrected chi connectivity index (χ0v) is 14.5. The Kier molecular flexibility index (Phi) is 13.8. The van der Waals surface area contributed by atoms with E-state index < -0.39 is 0 Å². The van der Waals surface area contributed by atoms with Gasteiger partial charge in [-0.15, -0.1) is 0 Å². The summed E-state index contributed by atoms with van der Waals surface area (Å²) >= 11 is 0. The van der Waals surface area contributed by atoms with Crippen molar-refractivity contribution in [3.05, 3.63) is 0 Å². The summed E-state index contributed by atoms with van der Waals surface area (Å²) in [6.07, 6.45) is 3.51. The molecule has 0 amide bonds. The molecule has 0 N–H and O–H groups in total. The van der Waals surface area contributed by atoms with E-state index in [1.54, 1.807) is 0 Å². The molecular weight excluding hydrogens is 250 g/mol. The van der Waals surface area contributed by atoms with Crippen LogP contribution in [0.25, 0.3) is 0 Å². The highest BCUT2D eigenvalue weighted by Crippen LogP contribution is 2.03. The van der Waals surface area contributed by atoms with Crippen LogP contribution < -0.4 is 0 Å². The molecule has 122 valence electrons. The summed E-state index contributed by atoms with van der Waals surface area (Å²) in [5.74, 6) is 1.49. The van der Waals surface area contributed by atoms with Gasteiger partial charge in [-0.3, -0.25) is 4.90 Å². The van der Waals surface area contributed by atoms with Gasteiger partial charge in [0.15, 0.2) is 0 Å². The molecule has 0 rings (SSSR count). The minimum absolute atomic E-state index is 0.731. The molecule has 0 atom stereocenters. The second kappa shape index (κ2) is 13.8. The predicted molar refractivity (Wildman–Crippen MR) is 87.3 cm³/mol. The van der Waals surface area contributed by atoms with Gasteiger partial charge in [0.2, 0.25) is 0 Å². The maximum absolute atomic E-state index is 5.73. The summed E-state index contributed by atoms with van der Waals surface area (Å²) in [6.45, 7) is 17.9. The minimum atomic E-state index is 0.731. The van der Waals surface area contributed by atoms with Crippen LogP contribution in [0, 0.1) is 11.8 Å². The van der Waals surface area contributed by atoms with Gasteiger partial charge in [0.25, 0.3) is 0 Å². The lowest BCUT2D eigenvalue weighted by molar-refractivity contribution is 0.0697. The largest absolute Gasteiger partial charge is 0.380 e. The Balaban J connectivity index is 3.73. The number of nitrogens with zero attached hydrogens (tertiary/aromatic N) is 1. The summed E-state index contributed by atoms with van der Waals surface area (Å²) < 4.78 is 11.3. The van der Waals surface area contributed by atoms with Crippen LogP contribution in [0.15, 0.2) is 0 Å². The highest BCUT2D eigenvalue weighted by atomic mass is 16.5. The van der Waals surface area contributed by atoms with Crippen LogP contribution in [0.1, 0.15) is 53.9 Å². The molecule has 3 nitrogen and oxygen atoms in total. The molecule has 20 heavy (non-hydrogen) atoms. The van der Waals surface area contributed by atoms with Gasteiger partial charge in [0.1, 0.15) is 0 Å². The fourth-order valence-corrected chi connectivity index (χ4v) is 1.83. The SMILES string of the molecule is CCCOCCN(CCOCCC(C)C)CCC(C)C. The number of hydrogen-bond donors (Lipinski definition) is 0. The fraction of sp³-hybridized carbons (Fsp3) is 1.00. The molecule has 3 heteroatoms. The van der Waals surface area contributed by atoms with Gasteiger partial charge < -0.3 is 9.47 Å². The summed E-state index contributed by atoms with van der Waals surface area (Å²) in [7, 11) is 0. The van der Waals surface area contributed by atoms with E-state index in [2.05, 4.69) is 39.5 Å². The molecule has 0 radical (unpaired) electrons. The van der Waals surface area contributed by atoms with Crippen LogP contribution in [0.3, 0.4) is 0 Å². The smallest absolute Gasteiger partial charge is 0.0593 e. The second-order valence-electron chi connectivity index (χ2n) is 6.43. The van der Waals surface area contributed by atoms with Crippen molar-refractivity contribution in [2.45, 2.75) is 53.9 Å². The molecule has 0 fully saturated rings. The van der Waals surface area contributed by atoms with Crippen LogP contribution in [-0.4, -0.2) is 51.0 Å². The highest BCUT2D eigenvalue weighted by molar-refractivity contribution is 4.59. The van der Waals surface area contributed by atoms with Gasteiger partial charge in [0, 0.05) is 26.3 Å². The van der Waals surface area contributed by atoms with E-state index in [4.69, 9.17) is 9.47 Å². The Hall–Kier alpha value is -0.120. The standard InChI is InChI=1S/C17H37NO2/c1-6-12-19-14-10-18(9-7-16(2)3)11-15-20-13-8-17(4)5/h16-17H,6-15H2,1-5H3. The molecule has 0 aromatic carbocycles. The zero-order valence-electron chi connectivity index (χ0n) is 14.5. The van der Waals surface area contributed by atoms with E-state index in [9.17, 15) is 0 Å². The Morgan fingerprint density at radius 1 is 0.700 bits per heavy atom. The van der Waals surface area contributed by atoms with Crippen molar-refractivity contribution in [3.63, 3.8) is 0 Å². The van der Waals surface area contributed by atoms with Gasteiger partial charge in [-0.25, -0.2) is 0 Å². The third kappa shape index (κ3) is 14.3. The Bertz CT molecular complexity index is 195. The predicted octanol–water partition coefficient (Wildman–Crippen LogP) is 3.82. The zero-order chi connectivity index (χ0) is 15.2. The molecule has 0 aliphatic carbocycles. The molecule has 0 aromatic heterocycles. The monoisotopic (exact) mass is 287 g/mol. The summed E-state index contributed by atoms with van der Waals surface area (Å²) in [6, 6.07) is 0. The molecule has 0 saturated carbocycles. The molecule has 0 unspecified atom stereocenters. The quantitative estimate of drug-likeness (QED) is 0.453. The van der Waals surface area contributed by atoms with Crippen LogP contribution in [-0.2, 0) is 9.47 Å². The summed E-state index contributed by atoms with van der Waals surface area (Å²) in [4.78, 5) is 2.48. The van der Waals surface area contributed by atoms with Crippen molar-refractivity contribution >= 4 is 0 Å². The van der Waals surface area contributed by atoms with Crippen LogP contribution in [0.5, 0.6) is 0 Å². The van der Waals surface area contributed by atoms with E-state index in [1.165, 1.54) is 6.42 Å². The Morgan fingerprint density at radius 3 is 1.75 bits per heavy atom. The van der Waals surface area contributed by atoms with Crippen molar-refractivity contribution in [2.24, 2.45) is 11.8 Å². The Labute approximate surface area is 127 Å². The average molecular weight is 287 g/mol. The highest BCUT2D eigenvalue weighted by Gasteiger charge is 2.06. The number of rotatable bonds is 14. The van der Waals surface area contributed by atoms with Crippen LogP contribution in [0.4, 0.5) is 0 Å². The van der Waals surface area contributed by atoms with Crippen molar-refractivity contribution in [1.29, 1.82) is 0 Å². The molecule has 0 spiro atoms. The first kappa shape index (κ1) is 19.9. The molecule has 0 aliphatic heterocycles. The third-order valence-electron chi connectivity index (χ3n) is 3.31. The minimum Gasteiger partial charge on any atom is -0.380 e. The van der Waals surface area contributed by atoms with Gasteiger partial charge in [-0.1, -0.05) is 34.6 Å². The first-order valence-corrected chi connectivity index (χ1v) is 8.44. The maximum atomic E-state index is 5.73. The number of ether oxygens (including phenoxy) is 2. The van der Waals surface area contributed by atoms with Crippen LogP contribution >= 0.6 is 0 Å². The second-order valence-corrected chi connectivity index (χ2v) is 6.43. The van der Waals surface area contributed by atoms with Crippen molar-refractivity contribution in [3.8, 4) is 0 Å². The fourth-order valence-electron chi connectivity index (χ4n) is 1.83. The summed E-state index contributed by atoms with van der Waals surface area (Å²) in [5.41, 5.74) is 0. The van der Waals surface area contributed by atoms with Gasteiger partial charge in [-0.05, 0) is 37.6 Å². The van der Waals surface area contributed by atoms with Crippen molar-refractivity contribution < 1.29 is 9.47 Å². The van der Waals surface area contributed by atoms with E-state index in [1.807, 2.05) is 0 Å². The molecule has 0 saturated heterocycles. The normalized spacial score (nSPS) is 12.0. The molecule has 0 aromatic rings. The first-order valence-electron chi connectivity index (χ1n) is 8.44. The van der Waals surface area contributed by atoms with E-state index in [0.29, 0.717) is 0 Å². The van der Waals surface area contributed by atoms with Gasteiger partial charge in [-0.2, -0.15) is 0 Å². The molecular formula is C17H37NO2. The van der Waals surface area contributed by atoms with E-state index in [0.717, 1.165) is 70.7 Å². The lowest BCUT2D eigenvalue weighted by Gasteiger charge is -2.23. The Morgan fingerprint density at radius 2 is 1.25 bits per heavy atom. The average Bonchev–Trinajstić information content (AvgIpc) is 2.38. The first-order chi connectivity index (χ1) is 9.56. The maximum Gasteiger partial charge on any atom is 0.0593 e. The van der Waals surface area contributed by atoms with Gasteiger partial charge in [0.05, 0.1) is 13.2 Å². The van der Waals surface area contributed by atoms with Crippen molar-refractivity contribution in [1.82, 2.24) is 4.90 Å². The number of hydrogen-bond acceptors (Lipinski definition) is 3. The van der Waals surface area contributed by atoms with E-state index >= 15 is 0 Å². The third-order valence-corrected chi connectivity index (χ3v) is 3.31. The summed E-state index contributed by atoms with van der Waals surface area (Å²) in [5, 5.41) is 0. The van der Waals surface area contributed by atoms with Crippen molar-refractivity contribution in [2.75, 3.05) is 46.1 Å². The molecule has 0 aliphatic rings. The topological polar surface area (TPSA) is 21.7 Å². The molecule has 0 heterocycles. The van der Waals surface area contributed by atoms with Crippen LogP contribution in [0.2, 0.25) is 0 Å². The lowest BCUT2D eigenvalue weighted by atomic mass is 10.1. The van der Waals surface area contributed by atoms with E-state index in [-0.39, 0.29) is 0 Å². The van der Waals surface area contributed by atoms with Gasteiger partial charge >= 0.3 is 0 Å².